The second-order valence-corrected chi connectivity index (χ2v) is 5.46. The largest absolute Gasteiger partial charge is 0.0614 e. The SMILES string of the molecule is CCc1cccc2cc(C(C)(C)C)ccc12. The van der Waals surface area contributed by atoms with E-state index in [0.717, 1.165) is 6.42 Å². The van der Waals surface area contributed by atoms with Crippen molar-refractivity contribution in [2.45, 2.75) is 39.5 Å². The van der Waals surface area contributed by atoms with Gasteiger partial charge in [-0.15, -0.1) is 0 Å². The van der Waals surface area contributed by atoms with Gasteiger partial charge in [0.05, 0.1) is 0 Å². The molecule has 0 aliphatic carbocycles. The van der Waals surface area contributed by atoms with Crippen LogP contribution in [0.1, 0.15) is 38.8 Å². The smallest absolute Gasteiger partial charge is 0.0132 e. The Morgan fingerprint density at radius 2 is 1.75 bits per heavy atom. The Kier molecular flexibility index (Phi) is 2.75. The minimum absolute atomic E-state index is 0.233. The summed E-state index contributed by atoms with van der Waals surface area (Å²) in [5, 5.41) is 2.77. The third kappa shape index (κ3) is 1.97. The summed E-state index contributed by atoms with van der Waals surface area (Å²) < 4.78 is 0. The topological polar surface area (TPSA) is 0 Å². The van der Waals surface area contributed by atoms with Crippen LogP contribution in [0.4, 0.5) is 0 Å². The monoisotopic (exact) mass is 212 g/mol. The molecule has 16 heavy (non-hydrogen) atoms. The van der Waals surface area contributed by atoms with Gasteiger partial charge in [-0.1, -0.05) is 64.1 Å². The molecule has 0 heteroatoms. The van der Waals surface area contributed by atoms with Crippen LogP contribution >= 0.6 is 0 Å². The first kappa shape index (κ1) is 11.2. The van der Waals surface area contributed by atoms with Crippen molar-refractivity contribution in [3.63, 3.8) is 0 Å². The lowest BCUT2D eigenvalue weighted by molar-refractivity contribution is 0.591. The number of hydrogen-bond acceptors (Lipinski definition) is 0. The molecule has 0 bridgehead atoms. The molecule has 0 radical (unpaired) electrons. The van der Waals surface area contributed by atoms with Crippen molar-refractivity contribution in [1.29, 1.82) is 0 Å². The van der Waals surface area contributed by atoms with Gasteiger partial charge in [0.15, 0.2) is 0 Å². The van der Waals surface area contributed by atoms with E-state index in [2.05, 4.69) is 64.1 Å². The molecule has 0 unspecified atom stereocenters. The summed E-state index contributed by atoms with van der Waals surface area (Å²) in [5.74, 6) is 0. The zero-order valence-electron chi connectivity index (χ0n) is 10.7. The molecule has 2 aromatic rings. The fourth-order valence-corrected chi connectivity index (χ4v) is 2.13. The third-order valence-electron chi connectivity index (χ3n) is 3.22. The highest BCUT2D eigenvalue weighted by Crippen LogP contribution is 2.27. The standard InChI is InChI=1S/C16H20/c1-5-12-7-6-8-13-11-14(16(2,3)4)9-10-15(12)13/h6-11H,5H2,1-4H3. The predicted molar refractivity (Wildman–Crippen MR) is 72.0 cm³/mol. The Balaban J connectivity index is 2.64. The summed E-state index contributed by atoms with van der Waals surface area (Å²) in [6.07, 6.45) is 1.10. The van der Waals surface area contributed by atoms with Crippen molar-refractivity contribution >= 4 is 10.8 Å². The van der Waals surface area contributed by atoms with Crippen LogP contribution in [0.25, 0.3) is 10.8 Å². The van der Waals surface area contributed by atoms with E-state index in [1.165, 1.54) is 21.9 Å². The van der Waals surface area contributed by atoms with Crippen LogP contribution in [-0.2, 0) is 11.8 Å². The van der Waals surface area contributed by atoms with Gasteiger partial charge in [0, 0.05) is 0 Å². The van der Waals surface area contributed by atoms with Crippen LogP contribution in [0.15, 0.2) is 36.4 Å². The van der Waals surface area contributed by atoms with E-state index in [1.807, 2.05) is 0 Å². The maximum absolute atomic E-state index is 2.33. The first-order chi connectivity index (χ1) is 7.52. The molecule has 2 rings (SSSR count). The maximum atomic E-state index is 2.33. The Bertz CT molecular complexity index is 501. The molecule has 84 valence electrons. The molecule has 0 heterocycles. The zero-order valence-corrected chi connectivity index (χ0v) is 10.7. The first-order valence-electron chi connectivity index (χ1n) is 6.04. The maximum Gasteiger partial charge on any atom is -0.0132 e. The molecule has 0 spiro atoms. The highest BCUT2D eigenvalue weighted by Gasteiger charge is 2.13. The fourth-order valence-electron chi connectivity index (χ4n) is 2.13. The summed E-state index contributed by atoms with van der Waals surface area (Å²) in [7, 11) is 0. The number of aryl methyl sites for hydroxylation is 1. The second kappa shape index (κ2) is 3.93. The van der Waals surface area contributed by atoms with Crippen molar-refractivity contribution in [3.05, 3.63) is 47.5 Å². The summed E-state index contributed by atoms with van der Waals surface area (Å²) in [4.78, 5) is 0. The lowest BCUT2D eigenvalue weighted by Crippen LogP contribution is -2.10. The van der Waals surface area contributed by atoms with Gasteiger partial charge in [-0.05, 0) is 33.7 Å². The second-order valence-electron chi connectivity index (χ2n) is 5.46. The van der Waals surface area contributed by atoms with E-state index in [9.17, 15) is 0 Å². The summed E-state index contributed by atoms with van der Waals surface area (Å²) in [6, 6.07) is 13.5. The average Bonchev–Trinajstić information content (AvgIpc) is 2.26. The van der Waals surface area contributed by atoms with Crippen LogP contribution in [0.5, 0.6) is 0 Å². The number of benzene rings is 2. The molecule has 0 amide bonds. The van der Waals surface area contributed by atoms with Crippen LogP contribution in [0.3, 0.4) is 0 Å². The number of fused-ring (bicyclic) bond motifs is 1. The van der Waals surface area contributed by atoms with Gasteiger partial charge in [-0.2, -0.15) is 0 Å². The Hall–Kier alpha value is -1.30. The van der Waals surface area contributed by atoms with Crippen LogP contribution in [0.2, 0.25) is 0 Å². The molecule has 0 N–H and O–H groups in total. The molecule has 2 aromatic carbocycles. The van der Waals surface area contributed by atoms with Crippen molar-refractivity contribution in [1.82, 2.24) is 0 Å². The molecule has 0 aliphatic rings. The van der Waals surface area contributed by atoms with E-state index in [0.29, 0.717) is 0 Å². The lowest BCUT2D eigenvalue weighted by Gasteiger charge is -2.19. The Morgan fingerprint density at radius 3 is 2.38 bits per heavy atom. The molecular formula is C16H20. The highest BCUT2D eigenvalue weighted by molar-refractivity contribution is 5.86. The number of rotatable bonds is 1. The molecule has 0 nitrogen and oxygen atoms in total. The zero-order chi connectivity index (χ0) is 11.8. The molecule has 0 saturated carbocycles. The predicted octanol–water partition coefficient (Wildman–Crippen LogP) is 4.70. The first-order valence-corrected chi connectivity index (χ1v) is 6.04. The van der Waals surface area contributed by atoms with E-state index in [-0.39, 0.29) is 5.41 Å². The van der Waals surface area contributed by atoms with E-state index in [1.54, 1.807) is 0 Å². The molecular weight excluding hydrogens is 192 g/mol. The fraction of sp³-hybridized carbons (Fsp3) is 0.375. The third-order valence-corrected chi connectivity index (χ3v) is 3.22. The van der Waals surface area contributed by atoms with E-state index < -0.39 is 0 Å². The molecule has 0 saturated heterocycles. The summed E-state index contributed by atoms with van der Waals surface area (Å²) in [5.41, 5.74) is 3.09. The van der Waals surface area contributed by atoms with Crippen molar-refractivity contribution in [2.24, 2.45) is 0 Å². The molecule has 0 fully saturated rings. The van der Waals surface area contributed by atoms with Crippen molar-refractivity contribution in [2.75, 3.05) is 0 Å². The quantitative estimate of drug-likeness (QED) is 0.642. The van der Waals surface area contributed by atoms with Gasteiger partial charge in [-0.3, -0.25) is 0 Å². The minimum Gasteiger partial charge on any atom is -0.0614 e. The average molecular weight is 212 g/mol. The van der Waals surface area contributed by atoms with Gasteiger partial charge in [0.1, 0.15) is 0 Å². The molecule has 0 aliphatic heterocycles. The molecule has 0 aromatic heterocycles. The normalized spacial score (nSPS) is 12.0. The van der Waals surface area contributed by atoms with E-state index in [4.69, 9.17) is 0 Å². The summed E-state index contributed by atoms with van der Waals surface area (Å²) in [6.45, 7) is 9.00. The van der Waals surface area contributed by atoms with Crippen LogP contribution in [0, 0.1) is 0 Å². The van der Waals surface area contributed by atoms with Gasteiger partial charge in [0.25, 0.3) is 0 Å². The van der Waals surface area contributed by atoms with Crippen LogP contribution < -0.4 is 0 Å². The summed E-state index contributed by atoms with van der Waals surface area (Å²) >= 11 is 0. The van der Waals surface area contributed by atoms with Gasteiger partial charge < -0.3 is 0 Å². The van der Waals surface area contributed by atoms with Crippen LogP contribution in [-0.4, -0.2) is 0 Å². The lowest BCUT2D eigenvalue weighted by atomic mass is 9.85. The molecule has 0 atom stereocenters. The Morgan fingerprint density at radius 1 is 1.00 bits per heavy atom. The number of hydrogen-bond donors (Lipinski definition) is 0. The van der Waals surface area contributed by atoms with Gasteiger partial charge in [-0.25, -0.2) is 0 Å². The Labute approximate surface area is 98.3 Å². The van der Waals surface area contributed by atoms with E-state index >= 15 is 0 Å². The van der Waals surface area contributed by atoms with Crippen molar-refractivity contribution < 1.29 is 0 Å². The highest BCUT2D eigenvalue weighted by atomic mass is 14.2. The van der Waals surface area contributed by atoms with Crippen molar-refractivity contribution in [3.8, 4) is 0 Å². The van der Waals surface area contributed by atoms with Gasteiger partial charge in [0.2, 0.25) is 0 Å². The minimum atomic E-state index is 0.233. The van der Waals surface area contributed by atoms with Gasteiger partial charge >= 0.3 is 0 Å².